The molecule has 0 atom stereocenters. The molecule has 0 aliphatic carbocycles. The largest absolute Gasteiger partial charge is 0.370 e. The molecule has 1 aromatic heterocycles. The Morgan fingerprint density at radius 1 is 1.37 bits per heavy atom. The van der Waals surface area contributed by atoms with E-state index in [9.17, 15) is 0 Å². The highest BCUT2D eigenvalue weighted by Gasteiger charge is 2.16. The van der Waals surface area contributed by atoms with Gasteiger partial charge in [0, 0.05) is 12.1 Å². The summed E-state index contributed by atoms with van der Waals surface area (Å²) in [6.07, 6.45) is 6.21. The molecule has 106 valence electrons. The number of anilines is 1. The van der Waals surface area contributed by atoms with E-state index in [1.807, 2.05) is 0 Å². The summed E-state index contributed by atoms with van der Waals surface area (Å²) >= 11 is 6.08. The lowest BCUT2D eigenvalue weighted by Crippen LogP contribution is -2.30. The molecule has 1 aromatic rings. The molecule has 2 rings (SSSR count). The topological polar surface area (TPSA) is 41.1 Å². The SMILES string of the molecule is CCc1c(Cl)ncnc1NCCC1CCN(C)CC1. The van der Waals surface area contributed by atoms with E-state index in [4.69, 9.17) is 11.6 Å². The first kappa shape index (κ1) is 14.5. The molecule has 1 saturated heterocycles. The van der Waals surface area contributed by atoms with Gasteiger partial charge in [0.1, 0.15) is 17.3 Å². The van der Waals surface area contributed by atoms with E-state index < -0.39 is 0 Å². The molecule has 1 aliphatic rings. The molecule has 1 N–H and O–H groups in total. The van der Waals surface area contributed by atoms with Crippen LogP contribution in [0.5, 0.6) is 0 Å². The molecule has 19 heavy (non-hydrogen) atoms. The van der Waals surface area contributed by atoms with E-state index in [1.165, 1.54) is 38.7 Å². The van der Waals surface area contributed by atoms with Crippen molar-refractivity contribution in [3.63, 3.8) is 0 Å². The van der Waals surface area contributed by atoms with Gasteiger partial charge in [-0.1, -0.05) is 18.5 Å². The van der Waals surface area contributed by atoms with Gasteiger partial charge in [0.25, 0.3) is 0 Å². The van der Waals surface area contributed by atoms with E-state index >= 15 is 0 Å². The lowest BCUT2D eigenvalue weighted by Gasteiger charge is -2.29. The van der Waals surface area contributed by atoms with Crippen molar-refractivity contribution in [1.29, 1.82) is 0 Å². The van der Waals surface area contributed by atoms with Gasteiger partial charge in [0.2, 0.25) is 0 Å². The van der Waals surface area contributed by atoms with Crippen LogP contribution in [-0.4, -0.2) is 41.5 Å². The van der Waals surface area contributed by atoms with Crippen molar-refractivity contribution in [2.45, 2.75) is 32.6 Å². The number of piperidine rings is 1. The van der Waals surface area contributed by atoms with Gasteiger partial charge >= 0.3 is 0 Å². The predicted molar refractivity (Wildman–Crippen MR) is 79.7 cm³/mol. The summed E-state index contributed by atoms with van der Waals surface area (Å²) < 4.78 is 0. The number of nitrogens with one attached hydrogen (secondary N) is 1. The third kappa shape index (κ3) is 4.05. The molecule has 5 heteroatoms. The fourth-order valence-electron chi connectivity index (χ4n) is 2.60. The molecule has 1 aliphatic heterocycles. The molecule has 0 saturated carbocycles. The zero-order valence-electron chi connectivity index (χ0n) is 11.8. The highest BCUT2D eigenvalue weighted by atomic mass is 35.5. The van der Waals surface area contributed by atoms with Gasteiger partial charge in [-0.2, -0.15) is 0 Å². The fraction of sp³-hybridized carbons (Fsp3) is 0.714. The van der Waals surface area contributed by atoms with Crippen LogP contribution < -0.4 is 5.32 Å². The maximum atomic E-state index is 6.08. The summed E-state index contributed by atoms with van der Waals surface area (Å²) in [6.45, 7) is 5.50. The monoisotopic (exact) mass is 282 g/mol. The Morgan fingerprint density at radius 2 is 2.11 bits per heavy atom. The lowest BCUT2D eigenvalue weighted by atomic mass is 9.94. The van der Waals surface area contributed by atoms with Crippen LogP contribution in [-0.2, 0) is 6.42 Å². The van der Waals surface area contributed by atoms with Crippen LogP contribution in [0.4, 0.5) is 5.82 Å². The second kappa shape index (κ2) is 7.06. The summed E-state index contributed by atoms with van der Waals surface area (Å²) in [4.78, 5) is 10.7. The molecule has 0 unspecified atom stereocenters. The highest BCUT2D eigenvalue weighted by Crippen LogP contribution is 2.22. The quantitative estimate of drug-likeness (QED) is 0.843. The molecule has 0 aromatic carbocycles. The van der Waals surface area contributed by atoms with Crippen LogP contribution in [0.25, 0.3) is 0 Å². The van der Waals surface area contributed by atoms with Crippen molar-refractivity contribution in [3.8, 4) is 0 Å². The number of hydrogen-bond acceptors (Lipinski definition) is 4. The Hall–Kier alpha value is -0.870. The van der Waals surface area contributed by atoms with Gasteiger partial charge < -0.3 is 10.2 Å². The van der Waals surface area contributed by atoms with E-state index in [0.717, 1.165) is 30.3 Å². The van der Waals surface area contributed by atoms with Crippen LogP contribution in [0.2, 0.25) is 5.15 Å². The van der Waals surface area contributed by atoms with Crippen molar-refractivity contribution >= 4 is 17.4 Å². The second-order valence-electron chi connectivity index (χ2n) is 5.31. The standard InChI is InChI=1S/C14H23ClN4/c1-3-12-13(15)17-10-18-14(12)16-7-4-11-5-8-19(2)9-6-11/h10-11H,3-9H2,1-2H3,(H,16,17,18). The maximum Gasteiger partial charge on any atom is 0.137 e. The Morgan fingerprint density at radius 3 is 2.79 bits per heavy atom. The average Bonchev–Trinajstić information content (AvgIpc) is 2.41. The molecule has 0 bridgehead atoms. The normalized spacial score (nSPS) is 17.6. The zero-order chi connectivity index (χ0) is 13.7. The number of rotatable bonds is 5. The first-order chi connectivity index (χ1) is 9.20. The summed E-state index contributed by atoms with van der Waals surface area (Å²) in [5.41, 5.74) is 1.02. The Labute approximate surface area is 120 Å². The molecular formula is C14H23ClN4. The van der Waals surface area contributed by atoms with Gasteiger partial charge in [-0.05, 0) is 51.7 Å². The van der Waals surface area contributed by atoms with E-state index in [0.29, 0.717) is 5.15 Å². The van der Waals surface area contributed by atoms with Gasteiger partial charge in [-0.15, -0.1) is 0 Å². The van der Waals surface area contributed by atoms with Crippen LogP contribution in [0, 0.1) is 5.92 Å². The van der Waals surface area contributed by atoms with E-state index in [1.54, 1.807) is 0 Å². The van der Waals surface area contributed by atoms with Gasteiger partial charge in [-0.25, -0.2) is 9.97 Å². The van der Waals surface area contributed by atoms with Crippen molar-refractivity contribution < 1.29 is 0 Å². The van der Waals surface area contributed by atoms with E-state index in [-0.39, 0.29) is 0 Å². The van der Waals surface area contributed by atoms with Crippen molar-refractivity contribution in [2.75, 3.05) is 32.0 Å². The van der Waals surface area contributed by atoms with Crippen LogP contribution in [0.15, 0.2) is 6.33 Å². The lowest BCUT2D eigenvalue weighted by molar-refractivity contribution is 0.215. The summed E-state index contributed by atoms with van der Waals surface area (Å²) in [5.74, 6) is 1.74. The minimum absolute atomic E-state index is 0.569. The molecule has 4 nitrogen and oxygen atoms in total. The zero-order valence-corrected chi connectivity index (χ0v) is 12.6. The van der Waals surface area contributed by atoms with Gasteiger partial charge in [-0.3, -0.25) is 0 Å². The van der Waals surface area contributed by atoms with E-state index in [2.05, 4.69) is 34.2 Å². The maximum absolute atomic E-state index is 6.08. The molecule has 0 spiro atoms. The second-order valence-corrected chi connectivity index (χ2v) is 5.67. The average molecular weight is 283 g/mol. The Balaban J connectivity index is 1.81. The third-order valence-electron chi connectivity index (χ3n) is 3.93. The minimum Gasteiger partial charge on any atom is -0.370 e. The fourth-order valence-corrected chi connectivity index (χ4v) is 2.87. The summed E-state index contributed by atoms with van der Waals surface area (Å²) in [6, 6.07) is 0. The smallest absolute Gasteiger partial charge is 0.137 e. The van der Waals surface area contributed by atoms with Crippen molar-refractivity contribution in [1.82, 2.24) is 14.9 Å². The summed E-state index contributed by atoms with van der Waals surface area (Å²) in [5, 5.41) is 3.98. The van der Waals surface area contributed by atoms with Crippen LogP contribution >= 0.6 is 11.6 Å². The van der Waals surface area contributed by atoms with Crippen molar-refractivity contribution in [3.05, 3.63) is 17.0 Å². The van der Waals surface area contributed by atoms with Gasteiger partial charge in [0.05, 0.1) is 0 Å². The van der Waals surface area contributed by atoms with Gasteiger partial charge in [0.15, 0.2) is 0 Å². The number of nitrogens with zero attached hydrogens (tertiary/aromatic N) is 3. The van der Waals surface area contributed by atoms with Crippen LogP contribution in [0.3, 0.4) is 0 Å². The Kier molecular flexibility index (Phi) is 5.40. The highest BCUT2D eigenvalue weighted by molar-refractivity contribution is 6.30. The van der Waals surface area contributed by atoms with Crippen LogP contribution in [0.1, 0.15) is 31.7 Å². The summed E-state index contributed by atoms with van der Waals surface area (Å²) in [7, 11) is 2.20. The first-order valence-electron chi connectivity index (χ1n) is 7.12. The number of likely N-dealkylation sites (tertiary alicyclic amines) is 1. The molecule has 2 heterocycles. The molecular weight excluding hydrogens is 260 g/mol. The number of halogens is 1. The third-order valence-corrected chi connectivity index (χ3v) is 4.26. The number of aromatic nitrogens is 2. The number of hydrogen-bond donors (Lipinski definition) is 1. The molecule has 0 amide bonds. The first-order valence-corrected chi connectivity index (χ1v) is 7.50. The minimum atomic E-state index is 0.569. The molecule has 1 fully saturated rings. The predicted octanol–water partition coefficient (Wildman–Crippen LogP) is 2.84. The van der Waals surface area contributed by atoms with Crippen molar-refractivity contribution in [2.24, 2.45) is 5.92 Å². The molecule has 0 radical (unpaired) electrons. The Bertz CT molecular complexity index is 402.